The normalized spacial score (nSPS) is 25.2. The van der Waals surface area contributed by atoms with E-state index < -0.39 is 0 Å². The lowest BCUT2D eigenvalue weighted by atomic mass is 9.87. The van der Waals surface area contributed by atoms with Gasteiger partial charge in [0.05, 0.1) is 12.7 Å². The van der Waals surface area contributed by atoms with Gasteiger partial charge in [0.1, 0.15) is 0 Å². The van der Waals surface area contributed by atoms with E-state index in [4.69, 9.17) is 4.74 Å². The van der Waals surface area contributed by atoms with Crippen molar-refractivity contribution in [2.75, 3.05) is 26.2 Å². The predicted molar refractivity (Wildman–Crippen MR) is 91.8 cm³/mol. The standard InChI is InChI=1S/C19H28N2O2/c1-19(2,3)15-8-6-14(7-9-15)18(22)20-11-17-12-21-10-4-5-16(21)13-23-17/h6-9,16-17H,4-5,10-13H2,1-3H3,(H,20,22). The quantitative estimate of drug-likeness (QED) is 0.932. The molecule has 0 aromatic heterocycles. The van der Waals surface area contributed by atoms with Gasteiger partial charge in [-0.15, -0.1) is 0 Å². The van der Waals surface area contributed by atoms with E-state index in [0.29, 0.717) is 18.2 Å². The van der Waals surface area contributed by atoms with Gasteiger partial charge in [0.25, 0.3) is 5.91 Å². The second-order valence-corrected chi connectivity index (χ2v) is 7.78. The zero-order chi connectivity index (χ0) is 16.4. The molecule has 2 unspecified atom stereocenters. The number of hydrogen-bond donors (Lipinski definition) is 1. The van der Waals surface area contributed by atoms with Crippen LogP contribution in [-0.4, -0.2) is 49.2 Å². The fraction of sp³-hybridized carbons (Fsp3) is 0.632. The molecule has 0 spiro atoms. The summed E-state index contributed by atoms with van der Waals surface area (Å²) in [6, 6.07) is 8.51. The Labute approximate surface area is 139 Å². The third kappa shape index (κ3) is 3.93. The molecule has 4 heteroatoms. The van der Waals surface area contributed by atoms with E-state index in [1.807, 2.05) is 24.3 Å². The number of carbonyl (C=O) groups is 1. The molecule has 2 fully saturated rings. The first-order chi connectivity index (χ1) is 10.9. The third-order valence-electron chi connectivity index (χ3n) is 4.96. The molecule has 0 bridgehead atoms. The Hall–Kier alpha value is -1.39. The van der Waals surface area contributed by atoms with E-state index >= 15 is 0 Å². The lowest BCUT2D eigenvalue weighted by Gasteiger charge is -2.35. The number of fused-ring (bicyclic) bond motifs is 1. The van der Waals surface area contributed by atoms with Crippen LogP contribution in [0.2, 0.25) is 0 Å². The number of ether oxygens (including phenoxy) is 1. The van der Waals surface area contributed by atoms with Crippen molar-refractivity contribution < 1.29 is 9.53 Å². The number of amides is 1. The molecule has 2 aliphatic heterocycles. The monoisotopic (exact) mass is 316 g/mol. The molecule has 2 atom stereocenters. The summed E-state index contributed by atoms with van der Waals surface area (Å²) in [4.78, 5) is 14.8. The van der Waals surface area contributed by atoms with E-state index in [0.717, 1.165) is 13.2 Å². The Kier molecular flexibility index (Phi) is 4.74. The van der Waals surface area contributed by atoms with Crippen LogP contribution < -0.4 is 5.32 Å². The molecule has 1 amide bonds. The van der Waals surface area contributed by atoms with Gasteiger partial charge >= 0.3 is 0 Å². The van der Waals surface area contributed by atoms with Crippen molar-refractivity contribution in [3.05, 3.63) is 35.4 Å². The van der Waals surface area contributed by atoms with Crippen molar-refractivity contribution >= 4 is 5.91 Å². The number of morpholine rings is 1. The summed E-state index contributed by atoms with van der Waals surface area (Å²) in [5, 5.41) is 3.02. The Balaban J connectivity index is 1.51. The minimum atomic E-state index is -0.0161. The third-order valence-corrected chi connectivity index (χ3v) is 4.96. The largest absolute Gasteiger partial charge is 0.373 e. The summed E-state index contributed by atoms with van der Waals surface area (Å²) in [5.74, 6) is -0.0161. The number of nitrogens with one attached hydrogen (secondary N) is 1. The highest BCUT2D eigenvalue weighted by Gasteiger charge is 2.32. The van der Waals surface area contributed by atoms with E-state index in [1.165, 1.54) is 24.9 Å². The van der Waals surface area contributed by atoms with Crippen molar-refractivity contribution in [3.63, 3.8) is 0 Å². The molecule has 1 aromatic rings. The molecule has 0 aliphatic carbocycles. The highest BCUT2D eigenvalue weighted by Crippen LogP contribution is 2.23. The highest BCUT2D eigenvalue weighted by molar-refractivity contribution is 5.94. The maximum Gasteiger partial charge on any atom is 0.251 e. The van der Waals surface area contributed by atoms with Crippen LogP contribution in [-0.2, 0) is 10.2 Å². The van der Waals surface area contributed by atoms with Gasteiger partial charge in [0, 0.05) is 24.7 Å². The first-order valence-electron chi connectivity index (χ1n) is 8.68. The molecular weight excluding hydrogens is 288 g/mol. The van der Waals surface area contributed by atoms with Crippen molar-refractivity contribution in [2.24, 2.45) is 0 Å². The van der Waals surface area contributed by atoms with Crippen LogP contribution in [0.25, 0.3) is 0 Å². The van der Waals surface area contributed by atoms with Crippen LogP contribution in [0, 0.1) is 0 Å². The molecule has 1 N–H and O–H groups in total. The SMILES string of the molecule is CC(C)(C)c1ccc(C(=O)NCC2CN3CCCC3CO2)cc1. The number of carbonyl (C=O) groups excluding carboxylic acids is 1. The van der Waals surface area contributed by atoms with Crippen molar-refractivity contribution in [1.82, 2.24) is 10.2 Å². The maximum atomic E-state index is 12.3. The van der Waals surface area contributed by atoms with Crippen LogP contribution >= 0.6 is 0 Å². The molecule has 23 heavy (non-hydrogen) atoms. The average molecular weight is 316 g/mol. The Morgan fingerprint density at radius 1 is 1.30 bits per heavy atom. The highest BCUT2D eigenvalue weighted by atomic mass is 16.5. The molecule has 2 aliphatic rings. The molecule has 1 aromatic carbocycles. The summed E-state index contributed by atoms with van der Waals surface area (Å²) >= 11 is 0. The number of nitrogens with zero attached hydrogens (tertiary/aromatic N) is 1. The number of hydrogen-bond acceptors (Lipinski definition) is 3. The van der Waals surface area contributed by atoms with Crippen LogP contribution in [0.15, 0.2) is 24.3 Å². The summed E-state index contributed by atoms with van der Waals surface area (Å²) in [6.45, 7) is 10.0. The fourth-order valence-electron chi connectivity index (χ4n) is 3.44. The lowest BCUT2D eigenvalue weighted by Crippen LogP contribution is -2.50. The molecule has 4 nitrogen and oxygen atoms in total. The van der Waals surface area contributed by atoms with Crippen LogP contribution in [0.3, 0.4) is 0 Å². The summed E-state index contributed by atoms with van der Waals surface area (Å²) in [6.07, 6.45) is 2.63. The zero-order valence-electron chi connectivity index (χ0n) is 14.5. The van der Waals surface area contributed by atoms with Crippen molar-refractivity contribution in [3.8, 4) is 0 Å². The molecule has 0 saturated carbocycles. The minimum absolute atomic E-state index is 0.0161. The summed E-state index contributed by atoms with van der Waals surface area (Å²) in [7, 11) is 0. The summed E-state index contributed by atoms with van der Waals surface area (Å²) < 4.78 is 5.89. The Morgan fingerprint density at radius 2 is 2.04 bits per heavy atom. The van der Waals surface area contributed by atoms with Crippen LogP contribution in [0.5, 0.6) is 0 Å². The minimum Gasteiger partial charge on any atom is -0.373 e. The van der Waals surface area contributed by atoms with Crippen molar-refractivity contribution in [2.45, 2.75) is 51.2 Å². The van der Waals surface area contributed by atoms with Gasteiger partial charge in [-0.1, -0.05) is 32.9 Å². The first kappa shape index (κ1) is 16.5. The van der Waals surface area contributed by atoms with E-state index in [9.17, 15) is 4.79 Å². The van der Waals surface area contributed by atoms with E-state index in [1.54, 1.807) is 0 Å². The molecule has 2 heterocycles. The van der Waals surface area contributed by atoms with Gasteiger partial charge in [0.2, 0.25) is 0 Å². The van der Waals surface area contributed by atoms with E-state index in [-0.39, 0.29) is 17.4 Å². The van der Waals surface area contributed by atoms with Gasteiger partial charge in [-0.2, -0.15) is 0 Å². The van der Waals surface area contributed by atoms with Crippen LogP contribution in [0.4, 0.5) is 0 Å². The number of rotatable bonds is 3. The lowest BCUT2D eigenvalue weighted by molar-refractivity contribution is -0.0461. The average Bonchev–Trinajstić information content (AvgIpc) is 2.99. The smallest absolute Gasteiger partial charge is 0.251 e. The van der Waals surface area contributed by atoms with Gasteiger partial charge in [0.15, 0.2) is 0 Å². The van der Waals surface area contributed by atoms with Gasteiger partial charge in [-0.05, 0) is 42.5 Å². The van der Waals surface area contributed by atoms with Gasteiger partial charge in [-0.25, -0.2) is 0 Å². The van der Waals surface area contributed by atoms with Crippen molar-refractivity contribution in [1.29, 1.82) is 0 Å². The van der Waals surface area contributed by atoms with Gasteiger partial charge < -0.3 is 10.1 Å². The Bertz CT molecular complexity index is 547. The second-order valence-electron chi connectivity index (χ2n) is 7.78. The van der Waals surface area contributed by atoms with Crippen LogP contribution in [0.1, 0.15) is 49.5 Å². The first-order valence-corrected chi connectivity index (χ1v) is 8.68. The second kappa shape index (κ2) is 6.62. The van der Waals surface area contributed by atoms with Gasteiger partial charge in [-0.3, -0.25) is 9.69 Å². The van der Waals surface area contributed by atoms with E-state index in [2.05, 4.69) is 31.0 Å². The molecule has 2 saturated heterocycles. The molecular formula is C19H28N2O2. The number of benzene rings is 1. The molecule has 0 radical (unpaired) electrons. The summed E-state index contributed by atoms with van der Waals surface area (Å²) in [5.41, 5.74) is 2.06. The zero-order valence-corrected chi connectivity index (χ0v) is 14.5. The molecule has 126 valence electrons. The Morgan fingerprint density at radius 3 is 2.74 bits per heavy atom. The molecule has 3 rings (SSSR count). The predicted octanol–water partition coefficient (Wildman–Crippen LogP) is 2.58. The maximum absolute atomic E-state index is 12.3. The topological polar surface area (TPSA) is 41.6 Å². The fourth-order valence-corrected chi connectivity index (χ4v) is 3.44.